The third-order valence-corrected chi connectivity index (χ3v) is 7.59. The number of hydrogen-bond acceptors (Lipinski definition) is 9. The Balaban J connectivity index is 1.52. The Labute approximate surface area is 222 Å². The van der Waals surface area contributed by atoms with E-state index in [-0.39, 0.29) is 24.1 Å². The van der Waals surface area contributed by atoms with E-state index in [1.807, 2.05) is 17.9 Å². The maximum atomic E-state index is 13.7. The van der Waals surface area contributed by atoms with Crippen LogP contribution in [0.25, 0.3) is 11.7 Å². The average Bonchev–Trinajstić information content (AvgIpc) is 3.50. The molecule has 3 aromatic heterocycles. The van der Waals surface area contributed by atoms with Gasteiger partial charge in [0.05, 0.1) is 29.9 Å². The number of nitrogens with zero attached hydrogens (tertiary/aromatic N) is 5. The summed E-state index contributed by atoms with van der Waals surface area (Å²) in [5.74, 6) is 0.790. The zero-order chi connectivity index (χ0) is 26.1. The van der Waals surface area contributed by atoms with Gasteiger partial charge in [-0.05, 0) is 43.7 Å². The number of aryl methyl sites for hydroxylation is 1. The third-order valence-electron chi connectivity index (χ3n) is 6.21. The van der Waals surface area contributed by atoms with Crippen molar-refractivity contribution in [1.29, 1.82) is 0 Å². The van der Waals surface area contributed by atoms with Crippen LogP contribution in [0.15, 0.2) is 50.8 Å². The fourth-order valence-corrected chi connectivity index (χ4v) is 5.55. The Kier molecular flexibility index (Phi) is 7.02. The van der Waals surface area contributed by atoms with Crippen LogP contribution in [0.2, 0.25) is 0 Å². The van der Waals surface area contributed by atoms with Crippen molar-refractivity contribution < 1.29 is 18.7 Å². The molecule has 3 aromatic rings. The molecule has 0 saturated carbocycles. The SMILES string of the molecule is CCOC(=O)N1CCN(c2nc3c(C)cccn3c(=O)c2/C=C2\SC(=S)N(Cc3ccco3)C2=O)CC1. The van der Waals surface area contributed by atoms with Gasteiger partial charge in [0.15, 0.2) is 0 Å². The number of rotatable bonds is 5. The maximum absolute atomic E-state index is 13.7. The van der Waals surface area contributed by atoms with Gasteiger partial charge in [-0.2, -0.15) is 0 Å². The molecule has 2 aliphatic heterocycles. The first-order valence-electron chi connectivity index (χ1n) is 11.8. The topological polar surface area (TPSA) is 101 Å². The number of aromatic nitrogens is 2. The number of pyridine rings is 1. The summed E-state index contributed by atoms with van der Waals surface area (Å²) in [6.45, 7) is 5.98. The van der Waals surface area contributed by atoms with Crippen molar-refractivity contribution in [1.82, 2.24) is 19.2 Å². The number of amides is 2. The number of carbonyl (C=O) groups excluding carboxylic acids is 2. The lowest BCUT2D eigenvalue weighted by Crippen LogP contribution is -2.49. The van der Waals surface area contributed by atoms with E-state index in [0.717, 1.165) is 17.3 Å². The summed E-state index contributed by atoms with van der Waals surface area (Å²) in [6.07, 6.45) is 4.43. The van der Waals surface area contributed by atoms with Crippen LogP contribution in [-0.4, -0.2) is 68.3 Å². The minimum Gasteiger partial charge on any atom is -0.467 e. The fourth-order valence-electron chi connectivity index (χ4n) is 4.31. The molecule has 5 rings (SSSR count). The molecular weight excluding hydrogens is 514 g/mol. The molecule has 2 aliphatic rings. The van der Waals surface area contributed by atoms with Gasteiger partial charge in [0, 0.05) is 32.4 Å². The second-order valence-electron chi connectivity index (χ2n) is 8.56. The molecule has 0 N–H and O–H groups in total. The van der Waals surface area contributed by atoms with Gasteiger partial charge in [0.2, 0.25) is 0 Å². The molecule has 10 nitrogen and oxygen atoms in total. The maximum Gasteiger partial charge on any atom is 0.409 e. The summed E-state index contributed by atoms with van der Waals surface area (Å²) in [6, 6.07) is 7.21. The number of thioether (sulfide) groups is 1. The summed E-state index contributed by atoms with van der Waals surface area (Å²) in [5.41, 5.74) is 1.40. The quantitative estimate of drug-likeness (QED) is 0.357. The highest BCUT2D eigenvalue weighted by Crippen LogP contribution is 2.34. The van der Waals surface area contributed by atoms with Crippen LogP contribution in [0, 0.1) is 6.92 Å². The first kappa shape index (κ1) is 25.0. The minimum absolute atomic E-state index is 0.214. The summed E-state index contributed by atoms with van der Waals surface area (Å²) in [4.78, 5) is 49.4. The molecule has 0 aromatic carbocycles. The Morgan fingerprint density at radius 1 is 1.22 bits per heavy atom. The van der Waals surface area contributed by atoms with Gasteiger partial charge in [-0.25, -0.2) is 9.78 Å². The molecule has 2 amide bonds. The summed E-state index contributed by atoms with van der Waals surface area (Å²) in [5, 5.41) is 0. The van der Waals surface area contributed by atoms with Gasteiger partial charge in [-0.1, -0.05) is 30.0 Å². The third kappa shape index (κ3) is 4.86. The highest BCUT2D eigenvalue weighted by atomic mass is 32.2. The number of thiocarbonyl (C=S) groups is 1. The number of anilines is 1. The van der Waals surface area contributed by atoms with E-state index in [2.05, 4.69) is 0 Å². The first-order chi connectivity index (χ1) is 17.9. The summed E-state index contributed by atoms with van der Waals surface area (Å²) < 4.78 is 12.4. The van der Waals surface area contributed by atoms with Gasteiger partial charge in [-0.3, -0.25) is 18.9 Å². The summed E-state index contributed by atoms with van der Waals surface area (Å²) >= 11 is 6.60. The normalized spacial score (nSPS) is 17.4. The smallest absolute Gasteiger partial charge is 0.409 e. The number of ether oxygens (including phenoxy) is 1. The molecule has 2 saturated heterocycles. The Morgan fingerprint density at radius 3 is 2.70 bits per heavy atom. The molecule has 0 bridgehead atoms. The number of carbonyl (C=O) groups is 2. The Morgan fingerprint density at radius 2 is 2.00 bits per heavy atom. The van der Waals surface area contributed by atoms with Crippen molar-refractivity contribution in [3.63, 3.8) is 0 Å². The van der Waals surface area contributed by atoms with Crippen molar-refractivity contribution in [2.45, 2.75) is 20.4 Å². The van der Waals surface area contributed by atoms with Gasteiger partial charge in [0.25, 0.3) is 11.5 Å². The van der Waals surface area contributed by atoms with Crippen molar-refractivity contribution in [2.24, 2.45) is 0 Å². The first-order valence-corrected chi connectivity index (χ1v) is 13.1. The molecule has 37 heavy (non-hydrogen) atoms. The van der Waals surface area contributed by atoms with Crippen LogP contribution < -0.4 is 10.5 Å². The lowest BCUT2D eigenvalue weighted by Gasteiger charge is -2.35. The molecule has 2 fully saturated rings. The molecule has 5 heterocycles. The lowest BCUT2D eigenvalue weighted by molar-refractivity contribution is -0.122. The standard InChI is InChI=1S/C25H25N5O5S2/c1-3-34-24(33)28-11-9-27(10-12-28)21-18(22(31)29-8-4-6-16(2)20(29)26-21)14-19-23(32)30(25(36)37-19)15-17-7-5-13-35-17/h4-8,13-14H,3,9-12,15H2,1-2H3/b19-14-. The number of piperazine rings is 1. The monoisotopic (exact) mass is 539 g/mol. The molecule has 0 spiro atoms. The van der Waals surface area contributed by atoms with Crippen LogP contribution >= 0.6 is 24.0 Å². The van der Waals surface area contributed by atoms with Gasteiger partial charge in [0.1, 0.15) is 21.5 Å². The zero-order valence-electron chi connectivity index (χ0n) is 20.4. The van der Waals surface area contributed by atoms with E-state index in [1.165, 1.54) is 9.30 Å². The van der Waals surface area contributed by atoms with Gasteiger partial charge >= 0.3 is 6.09 Å². The molecular formula is C25H25N5O5S2. The van der Waals surface area contributed by atoms with E-state index in [9.17, 15) is 14.4 Å². The molecule has 12 heteroatoms. The second kappa shape index (κ2) is 10.4. The molecule has 0 aliphatic carbocycles. The molecule has 0 unspecified atom stereocenters. The van der Waals surface area contributed by atoms with Crippen molar-refractivity contribution in [2.75, 3.05) is 37.7 Å². The van der Waals surface area contributed by atoms with Crippen LogP contribution in [0.3, 0.4) is 0 Å². The van der Waals surface area contributed by atoms with Crippen molar-refractivity contribution in [3.8, 4) is 0 Å². The van der Waals surface area contributed by atoms with Gasteiger partial charge < -0.3 is 19.0 Å². The highest BCUT2D eigenvalue weighted by Gasteiger charge is 2.34. The van der Waals surface area contributed by atoms with Crippen molar-refractivity contribution in [3.05, 3.63) is 68.9 Å². The number of fused-ring (bicyclic) bond motifs is 1. The minimum atomic E-state index is -0.356. The molecule has 192 valence electrons. The fraction of sp³-hybridized carbons (Fsp3) is 0.320. The Bertz CT molecular complexity index is 1460. The number of hydrogen-bond donors (Lipinski definition) is 0. The van der Waals surface area contributed by atoms with Gasteiger partial charge in [-0.15, -0.1) is 0 Å². The van der Waals surface area contributed by atoms with Crippen molar-refractivity contribution >= 4 is 57.8 Å². The van der Waals surface area contributed by atoms with E-state index in [1.54, 1.807) is 48.6 Å². The van der Waals surface area contributed by atoms with Crippen LogP contribution in [0.5, 0.6) is 0 Å². The molecule has 0 radical (unpaired) electrons. The van der Waals surface area contributed by atoms with Crippen LogP contribution in [0.4, 0.5) is 10.6 Å². The predicted molar refractivity (Wildman–Crippen MR) is 144 cm³/mol. The van der Waals surface area contributed by atoms with Crippen LogP contribution in [-0.2, 0) is 16.1 Å². The van der Waals surface area contributed by atoms with E-state index in [4.69, 9.17) is 26.4 Å². The lowest BCUT2D eigenvalue weighted by atomic mass is 10.2. The summed E-state index contributed by atoms with van der Waals surface area (Å²) in [7, 11) is 0. The van der Waals surface area contributed by atoms with E-state index >= 15 is 0 Å². The number of furan rings is 1. The van der Waals surface area contributed by atoms with E-state index in [0.29, 0.717) is 64.8 Å². The molecule has 0 atom stereocenters. The zero-order valence-corrected chi connectivity index (χ0v) is 22.0. The highest BCUT2D eigenvalue weighted by molar-refractivity contribution is 8.26. The largest absolute Gasteiger partial charge is 0.467 e. The predicted octanol–water partition coefficient (Wildman–Crippen LogP) is 3.28. The average molecular weight is 540 g/mol. The second-order valence-corrected chi connectivity index (χ2v) is 10.2. The Hall–Kier alpha value is -3.64. The van der Waals surface area contributed by atoms with Crippen LogP contribution in [0.1, 0.15) is 23.8 Å². The van der Waals surface area contributed by atoms with E-state index < -0.39 is 0 Å².